The van der Waals surface area contributed by atoms with Crippen LogP contribution in [0.1, 0.15) is 47.8 Å². The van der Waals surface area contributed by atoms with Crippen molar-refractivity contribution < 1.29 is 31.1 Å². The van der Waals surface area contributed by atoms with Gasteiger partial charge >= 0.3 is 12.4 Å². The van der Waals surface area contributed by atoms with Crippen LogP contribution in [-0.4, -0.2) is 30.5 Å². The van der Waals surface area contributed by atoms with Gasteiger partial charge in [0, 0.05) is 37.1 Å². The lowest BCUT2D eigenvalue weighted by Crippen LogP contribution is -2.27. The monoisotopic (exact) mass is 488 g/mol. The molecular weight excluding hydrogens is 466 g/mol. The molecule has 2 N–H and O–H groups in total. The van der Waals surface area contributed by atoms with Gasteiger partial charge in [-0.1, -0.05) is 13.8 Å². The first-order valence-electron chi connectivity index (χ1n) is 10.1. The van der Waals surface area contributed by atoms with Crippen LogP contribution in [-0.2, 0) is 32.4 Å². The second-order valence-electron chi connectivity index (χ2n) is 8.67. The van der Waals surface area contributed by atoms with Gasteiger partial charge in [0.15, 0.2) is 5.69 Å². The predicted molar refractivity (Wildman–Crippen MR) is 109 cm³/mol. The Bertz CT molecular complexity index is 1190. The average molecular weight is 488 g/mol. The second kappa shape index (κ2) is 8.76. The molecule has 0 radical (unpaired) electrons. The lowest BCUT2D eigenvalue weighted by molar-refractivity contribution is -0.142. The van der Waals surface area contributed by atoms with E-state index in [9.17, 15) is 31.1 Å². The number of primary amides is 1. The molecule has 3 aromatic heterocycles. The number of hydrogen-bond donors (Lipinski definition) is 1. The molecule has 1 amide bonds. The maximum absolute atomic E-state index is 12.7. The van der Waals surface area contributed by atoms with Gasteiger partial charge < -0.3 is 5.73 Å². The van der Waals surface area contributed by atoms with E-state index in [2.05, 4.69) is 29.0 Å². The van der Waals surface area contributed by atoms with Crippen molar-refractivity contribution in [2.75, 3.05) is 0 Å². The summed E-state index contributed by atoms with van der Waals surface area (Å²) in [7, 11) is 1.22. The number of fused-ring (bicyclic) bond motifs is 1. The number of pyridine rings is 1. The highest BCUT2D eigenvalue weighted by Crippen LogP contribution is 2.34. The van der Waals surface area contributed by atoms with Crippen LogP contribution in [0.5, 0.6) is 0 Å². The number of nitrogens with two attached hydrogens (primary N) is 1. The molecule has 13 heteroatoms. The molecule has 1 aliphatic heterocycles. The van der Waals surface area contributed by atoms with Crippen LogP contribution in [0.4, 0.5) is 26.3 Å². The smallest absolute Gasteiger partial charge is 0.364 e. The summed E-state index contributed by atoms with van der Waals surface area (Å²) in [4.78, 5) is 13.9. The summed E-state index contributed by atoms with van der Waals surface area (Å²) in [5.41, 5.74) is 4.81. The second-order valence-corrected chi connectivity index (χ2v) is 8.67. The molecule has 0 aromatic carbocycles. The van der Waals surface area contributed by atoms with Crippen molar-refractivity contribution in [3.63, 3.8) is 0 Å². The number of halogens is 6. The number of carbonyl (C=O) groups is 1. The molecule has 4 rings (SSSR count). The van der Waals surface area contributed by atoms with Crippen LogP contribution in [0.25, 0.3) is 11.3 Å². The fourth-order valence-electron chi connectivity index (χ4n) is 3.47. The first-order chi connectivity index (χ1) is 15.6. The molecular formula is C21H22F6N6O. The standard InChI is InChI=1S/C15H16F3N3.C6H6F3N3O/c1-14(2)5-3-11-8-12(20-21(11)9-14)10-4-6-19-13(7-10)15(16,17)18;1-12-3(5(10)13)2-4(11-12)6(7,8)9/h4,6-8H,3,5,9H2,1-2H3;2H,1H3,(H2,10,13). The third-order valence-electron chi connectivity index (χ3n) is 5.27. The number of rotatable bonds is 2. The first kappa shape index (κ1) is 25.2. The predicted octanol–water partition coefficient (Wildman–Crippen LogP) is 4.47. The Morgan fingerprint density at radius 1 is 1.03 bits per heavy atom. The first-order valence-corrected chi connectivity index (χ1v) is 10.1. The number of alkyl halides is 6. The molecule has 0 fully saturated rings. The molecule has 3 aromatic rings. The minimum absolute atomic E-state index is 0.172. The van der Waals surface area contributed by atoms with E-state index < -0.39 is 29.6 Å². The van der Waals surface area contributed by atoms with Crippen LogP contribution in [0, 0.1) is 5.41 Å². The molecule has 184 valence electrons. The van der Waals surface area contributed by atoms with Gasteiger partial charge in [-0.05, 0) is 36.5 Å². The van der Waals surface area contributed by atoms with E-state index in [-0.39, 0.29) is 11.1 Å². The number of aryl methyl sites for hydroxylation is 2. The molecule has 4 heterocycles. The Kier molecular flexibility index (Phi) is 6.51. The van der Waals surface area contributed by atoms with Gasteiger partial charge in [0.1, 0.15) is 11.4 Å². The summed E-state index contributed by atoms with van der Waals surface area (Å²) in [6, 6.07) is 5.11. The molecule has 0 unspecified atom stereocenters. The van der Waals surface area contributed by atoms with Crippen LogP contribution < -0.4 is 5.73 Å². The van der Waals surface area contributed by atoms with Crippen molar-refractivity contribution in [3.8, 4) is 11.3 Å². The fourth-order valence-corrected chi connectivity index (χ4v) is 3.47. The van der Waals surface area contributed by atoms with Gasteiger partial charge in [-0.25, -0.2) is 0 Å². The highest BCUT2D eigenvalue weighted by Gasteiger charge is 2.35. The topological polar surface area (TPSA) is 91.6 Å². The zero-order valence-electron chi connectivity index (χ0n) is 18.5. The highest BCUT2D eigenvalue weighted by molar-refractivity contribution is 5.91. The lowest BCUT2D eigenvalue weighted by Gasteiger charge is -2.29. The zero-order chi connectivity index (χ0) is 25.5. The average Bonchev–Trinajstić information content (AvgIpc) is 3.30. The van der Waals surface area contributed by atoms with Crippen molar-refractivity contribution in [2.24, 2.45) is 18.2 Å². The largest absolute Gasteiger partial charge is 0.435 e. The summed E-state index contributed by atoms with van der Waals surface area (Å²) in [6.45, 7) is 5.14. The van der Waals surface area contributed by atoms with E-state index in [0.717, 1.165) is 35.8 Å². The molecule has 0 spiro atoms. The summed E-state index contributed by atoms with van der Waals surface area (Å²) in [6.07, 6.45) is -5.84. The fraction of sp³-hybridized carbons (Fsp3) is 0.429. The van der Waals surface area contributed by atoms with Crippen LogP contribution in [0.2, 0.25) is 0 Å². The van der Waals surface area contributed by atoms with Gasteiger partial charge in [0.05, 0.1) is 5.69 Å². The van der Waals surface area contributed by atoms with E-state index in [1.165, 1.54) is 13.2 Å². The van der Waals surface area contributed by atoms with Gasteiger partial charge in [0.2, 0.25) is 0 Å². The molecule has 1 aliphatic rings. The quantitative estimate of drug-likeness (QED) is 0.539. The van der Waals surface area contributed by atoms with E-state index >= 15 is 0 Å². The Hall–Kier alpha value is -3.38. The van der Waals surface area contributed by atoms with Crippen molar-refractivity contribution in [3.05, 3.63) is 53.2 Å². The number of hydrogen-bond acceptors (Lipinski definition) is 4. The number of carbonyl (C=O) groups excluding carboxylic acids is 1. The lowest BCUT2D eigenvalue weighted by atomic mass is 9.85. The minimum Gasteiger partial charge on any atom is -0.364 e. The van der Waals surface area contributed by atoms with Crippen molar-refractivity contribution in [2.45, 2.75) is 45.6 Å². The van der Waals surface area contributed by atoms with E-state index in [0.29, 0.717) is 17.3 Å². The summed E-state index contributed by atoms with van der Waals surface area (Å²) in [5, 5.41) is 7.56. The van der Waals surface area contributed by atoms with Gasteiger partial charge in [0.25, 0.3) is 5.91 Å². The highest BCUT2D eigenvalue weighted by atomic mass is 19.4. The Labute approximate surface area is 190 Å². The molecule has 0 aliphatic carbocycles. The molecule has 0 saturated heterocycles. The summed E-state index contributed by atoms with van der Waals surface area (Å²) in [5.74, 6) is -0.939. The maximum Gasteiger partial charge on any atom is 0.435 e. The third-order valence-corrected chi connectivity index (χ3v) is 5.27. The van der Waals surface area contributed by atoms with Gasteiger partial charge in [-0.15, -0.1) is 0 Å². The molecule has 7 nitrogen and oxygen atoms in total. The Balaban J connectivity index is 0.000000215. The number of nitrogens with zero attached hydrogens (tertiary/aromatic N) is 5. The maximum atomic E-state index is 12.7. The molecule has 34 heavy (non-hydrogen) atoms. The van der Waals surface area contributed by atoms with Crippen LogP contribution in [0.3, 0.4) is 0 Å². The zero-order valence-corrected chi connectivity index (χ0v) is 18.5. The van der Waals surface area contributed by atoms with Crippen LogP contribution >= 0.6 is 0 Å². The normalized spacial score (nSPS) is 15.3. The minimum atomic E-state index is -4.55. The molecule has 0 saturated carbocycles. The third kappa shape index (κ3) is 5.75. The van der Waals surface area contributed by atoms with Crippen molar-refractivity contribution >= 4 is 5.91 Å². The summed E-state index contributed by atoms with van der Waals surface area (Å²) >= 11 is 0. The SMILES string of the molecule is CC1(C)CCc2cc(-c3ccnc(C(F)(F)F)c3)nn2C1.Cn1nc(C(F)(F)F)cc1C(N)=O. The molecule has 0 atom stereocenters. The van der Waals surface area contributed by atoms with E-state index in [1.54, 1.807) is 6.07 Å². The Morgan fingerprint density at radius 2 is 1.68 bits per heavy atom. The van der Waals surface area contributed by atoms with Gasteiger partial charge in [-0.3, -0.25) is 19.1 Å². The van der Waals surface area contributed by atoms with Crippen molar-refractivity contribution in [1.82, 2.24) is 24.5 Å². The summed E-state index contributed by atoms with van der Waals surface area (Å²) < 4.78 is 76.9. The van der Waals surface area contributed by atoms with Gasteiger partial charge in [-0.2, -0.15) is 36.5 Å². The van der Waals surface area contributed by atoms with Crippen molar-refractivity contribution in [1.29, 1.82) is 0 Å². The Morgan fingerprint density at radius 3 is 2.21 bits per heavy atom. The molecule has 0 bridgehead atoms. The number of amides is 1. The van der Waals surface area contributed by atoms with E-state index in [1.807, 2.05) is 10.7 Å². The van der Waals surface area contributed by atoms with E-state index in [4.69, 9.17) is 5.73 Å². The number of aromatic nitrogens is 5. The van der Waals surface area contributed by atoms with Crippen LogP contribution in [0.15, 0.2) is 30.5 Å².